The maximum atomic E-state index is 11.3. The first-order chi connectivity index (χ1) is 15.2. The number of benzene rings is 2. The minimum atomic E-state index is -0.645. The lowest BCUT2D eigenvalue weighted by atomic mass is 9.87. The monoisotopic (exact) mass is 419 g/mol. The van der Waals surface area contributed by atoms with Gasteiger partial charge in [-0.3, -0.25) is 4.79 Å². The quantitative estimate of drug-likeness (QED) is 0.541. The summed E-state index contributed by atoms with van der Waals surface area (Å²) >= 11 is 0. The van der Waals surface area contributed by atoms with E-state index in [1.165, 1.54) is 56.3 Å². The number of hydrogen-bond acceptors (Lipinski definition) is 2. The normalized spacial score (nSPS) is 25.0. The van der Waals surface area contributed by atoms with Crippen LogP contribution >= 0.6 is 0 Å². The van der Waals surface area contributed by atoms with Crippen LogP contribution in [0.25, 0.3) is 0 Å². The molecule has 1 saturated heterocycles. The molecule has 3 nitrogen and oxygen atoms in total. The summed E-state index contributed by atoms with van der Waals surface area (Å²) in [5, 5.41) is 9.30. The lowest BCUT2D eigenvalue weighted by molar-refractivity contribution is -0.138. The summed E-state index contributed by atoms with van der Waals surface area (Å²) in [6.45, 7) is 3.54. The van der Waals surface area contributed by atoms with Crippen LogP contribution in [0.2, 0.25) is 0 Å². The fraction of sp³-hybridized carbons (Fsp3) is 0.536. The molecule has 1 saturated carbocycles. The Balaban J connectivity index is 1.25. The van der Waals surface area contributed by atoms with Gasteiger partial charge in [0.05, 0.1) is 0 Å². The largest absolute Gasteiger partial charge is 0.481 e. The highest BCUT2D eigenvalue weighted by molar-refractivity contribution is 5.67. The first kappa shape index (κ1) is 22.1. The van der Waals surface area contributed by atoms with Crippen LogP contribution < -0.4 is 0 Å². The highest BCUT2D eigenvalue weighted by Crippen LogP contribution is 2.45. The van der Waals surface area contributed by atoms with Crippen molar-refractivity contribution in [2.75, 3.05) is 19.6 Å². The van der Waals surface area contributed by atoms with Crippen molar-refractivity contribution in [3.8, 4) is 0 Å². The Hall–Kier alpha value is -2.13. The number of nitrogens with zero attached hydrogens (tertiary/aromatic N) is 1. The Labute approximate surface area is 187 Å². The van der Waals surface area contributed by atoms with Gasteiger partial charge in [0.2, 0.25) is 0 Å². The van der Waals surface area contributed by atoms with E-state index in [2.05, 4.69) is 65.6 Å². The summed E-state index contributed by atoms with van der Waals surface area (Å²) in [4.78, 5) is 14.0. The summed E-state index contributed by atoms with van der Waals surface area (Å²) in [7, 11) is 0. The van der Waals surface area contributed by atoms with Gasteiger partial charge in [0, 0.05) is 13.0 Å². The molecule has 1 unspecified atom stereocenters. The first-order valence-electron chi connectivity index (χ1n) is 12.2. The molecule has 4 rings (SSSR count). The van der Waals surface area contributed by atoms with Crippen molar-refractivity contribution < 1.29 is 9.90 Å². The molecule has 3 atom stereocenters. The van der Waals surface area contributed by atoms with Gasteiger partial charge in [0.25, 0.3) is 0 Å². The Kier molecular flexibility index (Phi) is 7.80. The van der Waals surface area contributed by atoms with Crippen LogP contribution in [0.5, 0.6) is 0 Å². The molecule has 1 aliphatic carbocycles. The molecule has 0 amide bonds. The summed E-state index contributed by atoms with van der Waals surface area (Å²) in [5.41, 5.74) is 2.86. The van der Waals surface area contributed by atoms with Crippen LogP contribution in [-0.2, 0) is 11.2 Å². The minimum absolute atomic E-state index is 0.322. The van der Waals surface area contributed by atoms with Crippen molar-refractivity contribution in [1.29, 1.82) is 0 Å². The van der Waals surface area contributed by atoms with E-state index < -0.39 is 5.97 Å². The van der Waals surface area contributed by atoms with E-state index in [9.17, 15) is 9.90 Å². The third-order valence-corrected chi connectivity index (χ3v) is 7.60. The molecule has 2 aliphatic rings. The number of hydrogen-bond donors (Lipinski definition) is 1. The average molecular weight is 420 g/mol. The molecule has 0 aromatic heterocycles. The highest BCUT2D eigenvalue weighted by Gasteiger charge is 2.37. The smallest absolute Gasteiger partial charge is 0.303 e. The first-order valence-corrected chi connectivity index (χ1v) is 12.2. The van der Waals surface area contributed by atoms with Gasteiger partial charge in [-0.05, 0) is 86.4 Å². The molecule has 1 aliphatic heterocycles. The Morgan fingerprint density at radius 2 is 1.58 bits per heavy atom. The number of carbonyl (C=O) groups is 1. The molecule has 2 fully saturated rings. The second kappa shape index (κ2) is 10.9. The van der Waals surface area contributed by atoms with Crippen molar-refractivity contribution in [2.24, 2.45) is 17.8 Å². The SMILES string of the molecule is O=C(O)CC1C[C@H](CN2CCC(CCCc3ccccc3)CC2)[C@@H](c2ccccc2)C1. The van der Waals surface area contributed by atoms with Crippen LogP contribution in [-0.4, -0.2) is 35.6 Å². The lowest BCUT2D eigenvalue weighted by Gasteiger charge is -2.35. The summed E-state index contributed by atoms with van der Waals surface area (Å²) in [6, 6.07) is 21.6. The molecule has 2 aromatic carbocycles. The zero-order valence-electron chi connectivity index (χ0n) is 18.7. The van der Waals surface area contributed by atoms with Crippen LogP contribution in [0, 0.1) is 17.8 Å². The minimum Gasteiger partial charge on any atom is -0.481 e. The van der Waals surface area contributed by atoms with Crippen molar-refractivity contribution in [1.82, 2.24) is 4.90 Å². The van der Waals surface area contributed by atoms with Gasteiger partial charge in [0.1, 0.15) is 0 Å². The van der Waals surface area contributed by atoms with Crippen LogP contribution in [0.15, 0.2) is 60.7 Å². The van der Waals surface area contributed by atoms with Crippen molar-refractivity contribution in [2.45, 2.75) is 57.3 Å². The second-order valence-electron chi connectivity index (χ2n) is 9.83. The Morgan fingerprint density at radius 1 is 0.903 bits per heavy atom. The van der Waals surface area contributed by atoms with E-state index in [0.29, 0.717) is 24.2 Å². The van der Waals surface area contributed by atoms with E-state index in [0.717, 1.165) is 25.3 Å². The van der Waals surface area contributed by atoms with E-state index in [4.69, 9.17) is 0 Å². The molecule has 0 bridgehead atoms. The van der Waals surface area contributed by atoms with E-state index in [1.54, 1.807) is 0 Å². The Bertz CT molecular complexity index is 798. The van der Waals surface area contributed by atoms with Crippen LogP contribution in [0.1, 0.15) is 62.0 Å². The maximum Gasteiger partial charge on any atom is 0.303 e. The standard InChI is InChI=1S/C28H37NO2/c30-28(31)20-24-18-26(27(19-24)25-12-5-2-6-13-25)21-29-16-14-23(15-17-29)11-7-10-22-8-3-1-4-9-22/h1-6,8-9,12-13,23-24,26-27H,7,10-11,14-21H2,(H,30,31)/t24?,26-,27-/m1/s1. The van der Waals surface area contributed by atoms with E-state index in [1.807, 2.05) is 0 Å². The third-order valence-electron chi connectivity index (χ3n) is 7.60. The zero-order valence-corrected chi connectivity index (χ0v) is 18.7. The number of aryl methyl sites for hydroxylation is 1. The predicted octanol–water partition coefficient (Wildman–Crippen LogP) is 6.01. The second-order valence-corrected chi connectivity index (χ2v) is 9.83. The molecule has 2 aromatic rings. The predicted molar refractivity (Wildman–Crippen MR) is 126 cm³/mol. The lowest BCUT2D eigenvalue weighted by Crippen LogP contribution is -2.37. The van der Waals surface area contributed by atoms with Crippen molar-refractivity contribution >= 4 is 5.97 Å². The van der Waals surface area contributed by atoms with Crippen LogP contribution in [0.4, 0.5) is 0 Å². The average Bonchev–Trinajstić information content (AvgIpc) is 3.17. The molecular weight excluding hydrogens is 382 g/mol. The van der Waals surface area contributed by atoms with Gasteiger partial charge >= 0.3 is 5.97 Å². The third kappa shape index (κ3) is 6.43. The van der Waals surface area contributed by atoms with E-state index >= 15 is 0 Å². The number of carboxylic acid groups (broad SMARTS) is 1. The molecule has 3 heteroatoms. The summed E-state index contributed by atoms with van der Waals surface area (Å²) in [6.07, 6.45) is 8.88. The van der Waals surface area contributed by atoms with Crippen LogP contribution in [0.3, 0.4) is 0 Å². The summed E-state index contributed by atoms with van der Waals surface area (Å²) in [5.74, 6) is 1.64. The van der Waals surface area contributed by atoms with Gasteiger partial charge in [-0.2, -0.15) is 0 Å². The molecule has 31 heavy (non-hydrogen) atoms. The number of carboxylic acids is 1. The van der Waals surface area contributed by atoms with E-state index in [-0.39, 0.29) is 0 Å². The molecule has 1 N–H and O–H groups in total. The fourth-order valence-corrected chi connectivity index (χ4v) is 5.99. The van der Waals surface area contributed by atoms with Gasteiger partial charge in [0.15, 0.2) is 0 Å². The fourth-order valence-electron chi connectivity index (χ4n) is 5.99. The molecule has 1 heterocycles. The Morgan fingerprint density at radius 3 is 2.26 bits per heavy atom. The van der Waals surface area contributed by atoms with Gasteiger partial charge in [-0.15, -0.1) is 0 Å². The highest BCUT2D eigenvalue weighted by atomic mass is 16.4. The molecular formula is C28H37NO2. The number of aliphatic carboxylic acids is 1. The van der Waals surface area contributed by atoms with Gasteiger partial charge in [-0.25, -0.2) is 0 Å². The molecule has 166 valence electrons. The number of likely N-dealkylation sites (tertiary alicyclic amines) is 1. The van der Waals surface area contributed by atoms with Gasteiger partial charge < -0.3 is 10.0 Å². The number of piperidine rings is 1. The molecule has 0 spiro atoms. The molecule has 0 radical (unpaired) electrons. The topological polar surface area (TPSA) is 40.5 Å². The maximum absolute atomic E-state index is 11.3. The number of rotatable bonds is 9. The van der Waals surface area contributed by atoms with Crippen molar-refractivity contribution in [3.63, 3.8) is 0 Å². The van der Waals surface area contributed by atoms with Gasteiger partial charge in [-0.1, -0.05) is 67.1 Å². The van der Waals surface area contributed by atoms with Crippen molar-refractivity contribution in [3.05, 3.63) is 71.8 Å². The zero-order chi connectivity index (χ0) is 21.5. The summed E-state index contributed by atoms with van der Waals surface area (Å²) < 4.78 is 0.